The lowest BCUT2D eigenvalue weighted by Gasteiger charge is -2.23. The fourth-order valence-corrected chi connectivity index (χ4v) is 3.50. The molecule has 0 aliphatic carbocycles. The number of aromatic amines is 1. The largest absolute Gasteiger partial charge is 0.496 e. The number of para-hydroxylation sites is 1. The van der Waals surface area contributed by atoms with Gasteiger partial charge < -0.3 is 14.8 Å². The highest BCUT2D eigenvalue weighted by atomic mass is 32.1. The third-order valence-corrected chi connectivity index (χ3v) is 4.75. The maximum Gasteiger partial charge on any atom is 0.255 e. The summed E-state index contributed by atoms with van der Waals surface area (Å²) < 4.78 is 11.5. The summed E-state index contributed by atoms with van der Waals surface area (Å²) >= 11 is 1.57. The van der Waals surface area contributed by atoms with Crippen LogP contribution in [0.15, 0.2) is 47.3 Å². The molecule has 0 spiro atoms. The first kappa shape index (κ1) is 19.1. The van der Waals surface area contributed by atoms with Crippen molar-refractivity contribution in [3.63, 3.8) is 0 Å². The van der Waals surface area contributed by atoms with E-state index in [1.807, 2.05) is 54.9 Å². The number of nitrogens with one attached hydrogen (secondary N) is 2. The maximum atomic E-state index is 12.7. The van der Waals surface area contributed by atoms with Crippen LogP contribution in [-0.2, 0) is 4.74 Å². The van der Waals surface area contributed by atoms with Gasteiger partial charge in [-0.1, -0.05) is 18.2 Å². The number of H-pyrrole nitrogens is 1. The molecule has 2 heterocycles. The van der Waals surface area contributed by atoms with Crippen LogP contribution in [0.3, 0.4) is 0 Å². The van der Waals surface area contributed by atoms with E-state index in [2.05, 4.69) is 15.5 Å². The van der Waals surface area contributed by atoms with Gasteiger partial charge in [0.1, 0.15) is 11.9 Å². The van der Waals surface area contributed by atoms with Gasteiger partial charge in [0.15, 0.2) is 0 Å². The molecule has 0 fully saturated rings. The molecule has 0 aliphatic heterocycles. The standard InChI is InChI=1S/C20H23N3O3S/c1-13(2)26-18(15-6-4-5-7-17(15)25-3)11-21-20(24)16-10-22-23-19(16)14-8-9-27-12-14/h4-10,12-13,18H,11H2,1-3H3,(H,21,24)(H,22,23)/t18-/m0/s1. The zero-order chi connectivity index (χ0) is 19.2. The summed E-state index contributed by atoms with van der Waals surface area (Å²) in [6.07, 6.45) is 1.23. The van der Waals surface area contributed by atoms with E-state index in [1.54, 1.807) is 24.6 Å². The summed E-state index contributed by atoms with van der Waals surface area (Å²) in [6, 6.07) is 9.63. The Morgan fingerprint density at radius 2 is 2.11 bits per heavy atom. The van der Waals surface area contributed by atoms with Gasteiger partial charge in [-0.3, -0.25) is 9.89 Å². The van der Waals surface area contributed by atoms with Crippen molar-refractivity contribution in [2.75, 3.05) is 13.7 Å². The third-order valence-electron chi connectivity index (χ3n) is 4.06. The van der Waals surface area contributed by atoms with E-state index in [1.165, 1.54) is 0 Å². The van der Waals surface area contributed by atoms with Crippen LogP contribution >= 0.6 is 11.3 Å². The molecule has 0 saturated carbocycles. The fraction of sp³-hybridized carbons (Fsp3) is 0.300. The lowest BCUT2D eigenvalue weighted by molar-refractivity contribution is 0.00612. The first-order valence-electron chi connectivity index (χ1n) is 8.72. The van der Waals surface area contributed by atoms with Crippen molar-refractivity contribution in [2.24, 2.45) is 0 Å². The van der Waals surface area contributed by atoms with Gasteiger partial charge in [0.25, 0.3) is 5.91 Å². The number of rotatable bonds is 8. The minimum atomic E-state index is -0.318. The van der Waals surface area contributed by atoms with Crippen molar-refractivity contribution < 1.29 is 14.3 Å². The van der Waals surface area contributed by atoms with Crippen LogP contribution in [0.5, 0.6) is 5.75 Å². The SMILES string of the molecule is COc1ccccc1[C@H](CNC(=O)c1cn[nH]c1-c1ccsc1)OC(C)C. The lowest BCUT2D eigenvalue weighted by atomic mass is 10.1. The Morgan fingerprint density at radius 1 is 1.30 bits per heavy atom. The van der Waals surface area contributed by atoms with Crippen molar-refractivity contribution in [1.82, 2.24) is 15.5 Å². The van der Waals surface area contributed by atoms with Gasteiger partial charge in [0, 0.05) is 23.1 Å². The Balaban J connectivity index is 1.76. The second-order valence-electron chi connectivity index (χ2n) is 6.30. The van der Waals surface area contributed by atoms with E-state index in [9.17, 15) is 4.79 Å². The van der Waals surface area contributed by atoms with Crippen LogP contribution in [0.25, 0.3) is 11.3 Å². The molecule has 0 saturated heterocycles. The zero-order valence-corrected chi connectivity index (χ0v) is 16.4. The van der Waals surface area contributed by atoms with Crippen LogP contribution in [0, 0.1) is 0 Å². The Kier molecular flexibility index (Phi) is 6.26. The second-order valence-corrected chi connectivity index (χ2v) is 7.08. The van der Waals surface area contributed by atoms with Crippen LogP contribution < -0.4 is 10.1 Å². The Labute approximate surface area is 162 Å². The number of hydrogen-bond acceptors (Lipinski definition) is 5. The Hall–Kier alpha value is -2.64. The van der Waals surface area contributed by atoms with E-state index in [-0.39, 0.29) is 18.1 Å². The number of methoxy groups -OCH3 is 1. The number of thiophene rings is 1. The quantitative estimate of drug-likeness (QED) is 0.613. The van der Waals surface area contributed by atoms with Gasteiger partial charge in [0.2, 0.25) is 0 Å². The number of carbonyl (C=O) groups is 1. The van der Waals surface area contributed by atoms with Crippen LogP contribution in [0.4, 0.5) is 0 Å². The molecule has 3 rings (SSSR count). The van der Waals surface area contributed by atoms with Gasteiger partial charge in [-0.15, -0.1) is 0 Å². The molecule has 142 valence electrons. The van der Waals surface area contributed by atoms with Crippen molar-refractivity contribution in [1.29, 1.82) is 0 Å². The van der Waals surface area contributed by atoms with E-state index >= 15 is 0 Å². The Morgan fingerprint density at radius 3 is 2.81 bits per heavy atom. The summed E-state index contributed by atoms with van der Waals surface area (Å²) in [7, 11) is 1.63. The van der Waals surface area contributed by atoms with Crippen LogP contribution in [-0.4, -0.2) is 35.9 Å². The summed E-state index contributed by atoms with van der Waals surface area (Å²) in [5, 5.41) is 13.8. The highest BCUT2D eigenvalue weighted by molar-refractivity contribution is 7.08. The highest BCUT2D eigenvalue weighted by Crippen LogP contribution is 2.28. The summed E-state index contributed by atoms with van der Waals surface area (Å²) in [6.45, 7) is 4.26. The molecule has 3 aromatic rings. The molecule has 0 radical (unpaired) electrons. The number of aromatic nitrogens is 2. The summed E-state index contributed by atoms with van der Waals surface area (Å²) in [5.74, 6) is 0.539. The number of ether oxygens (including phenoxy) is 2. The first-order chi connectivity index (χ1) is 13.1. The first-order valence-corrected chi connectivity index (χ1v) is 9.67. The molecule has 2 aromatic heterocycles. The van der Waals surface area contributed by atoms with Crippen molar-refractivity contribution in [3.05, 3.63) is 58.4 Å². The monoisotopic (exact) mass is 385 g/mol. The van der Waals surface area contributed by atoms with E-state index in [4.69, 9.17) is 9.47 Å². The zero-order valence-electron chi connectivity index (χ0n) is 15.6. The van der Waals surface area contributed by atoms with Crippen molar-refractivity contribution >= 4 is 17.2 Å². The Bertz CT molecular complexity index is 874. The van der Waals surface area contributed by atoms with Gasteiger partial charge in [-0.25, -0.2) is 0 Å². The number of nitrogens with zero attached hydrogens (tertiary/aromatic N) is 1. The molecule has 2 N–H and O–H groups in total. The highest BCUT2D eigenvalue weighted by Gasteiger charge is 2.21. The number of hydrogen-bond donors (Lipinski definition) is 2. The molecule has 1 amide bonds. The van der Waals surface area contributed by atoms with Gasteiger partial charge >= 0.3 is 0 Å². The predicted octanol–water partition coefficient (Wildman–Crippen LogP) is 4.04. The molecule has 1 aromatic carbocycles. The minimum absolute atomic E-state index is 0.00658. The second kappa shape index (κ2) is 8.83. The smallest absolute Gasteiger partial charge is 0.255 e. The van der Waals surface area contributed by atoms with E-state index in [0.29, 0.717) is 17.8 Å². The van der Waals surface area contributed by atoms with Gasteiger partial charge in [0.05, 0.1) is 30.7 Å². The number of amides is 1. The average Bonchev–Trinajstić information content (AvgIpc) is 3.35. The van der Waals surface area contributed by atoms with Crippen LogP contribution in [0.2, 0.25) is 0 Å². The molecule has 7 heteroatoms. The lowest BCUT2D eigenvalue weighted by Crippen LogP contribution is -2.30. The topological polar surface area (TPSA) is 76.2 Å². The molecular formula is C20H23N3O3S. The third kappa shape index (κ3) is 4.56. The molecule has 0 bridgehead atoms. The average molecular weight is 385 g/mol. The number of carbonyl (C=O) groups excluding carboxylic acids is 1. The van der Waals surface area contributed by atoms with Gasteiger partial charge in [-0.05, 0) is 31.4 Å². The van der Waals surface area contributed by atoms with E-state index in [0.717, 1.165) is 16.9 Å². The summed E-state index contributed by atoms with van der Waals surface area (Å²) in [4.78, 5) is 12.7. The molecule has 0 aliphatic rings. The minimum Gasteiger partial charge on any atom is -0.496 e. The van der Waals surface area contributed by atoms with Gasteiger partial charge in [-0.2, -0.15) is 16.4 Å². The van der Waals surface area contributed by atoms with E-state index < -0.39 is 0 Å². The maximum absolute atomic E-state index is 12.7. The van der Waals surface area contributed by atoms with Crippen molar-refractivity contribution in [2.45, 2.75) is 26.1 Å². The summed E-state index contributed by atoms with van der Waals surface area (Å²) in [5.41, 5.74) is 3.07. The number of benzene rings is 1. The molecule has 1 atom stereocenters. The predicted molar refractivity (Wildman–Crippen MR) is 106 cm³/mol. The molecule has 27 heavy (non-hydrogen) atoms. The molecule has 0 unspecified atom stereocenters. The fourth-order valence-electron chi connectivity index (χ4n) is 2.86. The van der Waals surface area contributed by atoms with Crippen molar-refractivity contribution in [3.8, 4) is 17.0 Å². The normalized spacial score (nSPS) is 12.1. The van der Waals surface area contributed by atoms with Crippen LogP contribution in [0.1, 0.15) is 35.9 Å². The molecule has 6 nitrogen and oxygen atoms in total. The molecular weight excluding hydrogens is 362 g/mol.